The molecule has 0 unspecified atom stereocenters. The molecule has 0 spiro atoms. The summed E-state index contributed by atoms with van der Waals surface area (Å²) >= 11 is 2.27. The molecule has 0 atom stereocenters. The van der Waals surface area contributed by atoms with Gasteiger partial charge in [-0.1, -0.05) is 12.1 Å². The van der Waals surface area contributed by atoms with Gasteiger partial charge in [0.25, 0.3) is 0 Å². The third-order valence-corrected chi connectivity index (χ3v) is 3.47. The second-order valence-electron chi connectivity index (χ2n) is 4.74. The fourth-order valence-corrected chi connectivity index (χ4v) is 1.70. The van der Waals surface area contributed by atoms with Gasteiger partial charge in [-0.05, 0) is 67.1 Å². The summed E-state index contributed by atoms with van der Waals surface area (Å²) in [6, 6.07) is 8.30. The van der Waals surface area contributed by atoms with Crippen molar-refractivity contribution in [2.24, 2.45) is 5.41 Å². The average molecular weight is 347 g/mol. The highest BCUT2D eigenvalue weighted by molar-refractivity contribution is 14.1. The summed E-state index contributed by atoms with van der Waals surface area (Å²) in [5.74, 6) is -0.742. The van der Waals surface area contributed by atoms with Crippen molar-refractivity contribution in [3.8, 4) is 0 Å². The zero-order valence-electron chi connectivity index (χ0n) is 10.2. The Balaban J connectivity index is 2.29. The SMILES string of the molecule is CC(C)(CCNCc1ccc(I)cc1)C(=O)O. The normalized spacial score (nSPS) is 11.5. The molecule has 4 heteroatoms. The Morgan fingerprint density at radius 1 is 1.35 bits per heavy atom. The Morgan fingerprint density at radius 3 is 2.47 bits per heavy atom. The van der Waals surface area contributed by atoms with E-state index in [-0.39, 0.29) is 0 Å². The molecule has 94 valence electrons. The van der Waals surface area contributed by atoms with Crippen LogP contribution in [0.1, 0.15) is 25.8 Å². The lowest BCUT2D eigenvalue weighted by Gasteiger charge is -2.18. The van der Waals surface area contributed by atoms with Crippen LogP contribution < -0.4 is 5.32 Å². The van der Waals surface area contributed by atoms with Gasteiger partial charge >= 0.3 is 5.97 Å². The zero-order valence-corrected chi connectivity index (χ0v) is 12.3. The highest BCUT2D eigenvalue weighted by Gasteiger charge is 2.25. The molecule has 0 fully saturated rings. The molecule has 0 amide bonds. The number of hydrogen-bond acceptors (Lipinski definition) is 2. The fraction of sp³-hybridized carbons (Fsp3) is 0.462. The van der Waals surface area contributed by atoms with Gasteiger partial charge in [0, 0.05) is 10.1 Å². The van der Waals surface area contributed by atoms with Crippen molar-refractivity contribution < 1.29 is 9.90 Å². The molecular formula is C13H18INO2. The molecule has 3 nitrogen and oxygen atoms in total. The average Bonchev–Trinajstić information content (AvgIpc) is 2.26. The molecule has 17 heavy (non-hydrogen) atoms. The minimum Gasteiger partial charge on any atom is -0.481 e. The van der Waals surface area contributed by atoms with Crippen LogP contribution in [-0.4, -0.2) is 17.6 Å². The van der Waals surface area contributed by atoms with Crippen molar-refractivity contribution in [3.63, 3.8) is 0 Å². The standard InChI is InChI=1S/C13H18INO2/c1-13(2,12(16)17)7-8-15-9-10-3-5-11(14)6-4-10/h3-6,15H,7-9H2,1-2H3,(H,16,17). The van der Waals surface area contributed by atoms with Crippen molar-refractivity contribution in [2.75, 3.05) is 6.54 Å². The van der Waals surface area contributed by atoms with Crippen LogP contribution in [0.3, 0.4) is 0 Å². The second kappa shape index (κ2) is 6.35. The van der Waals surface area contributed by atoms with E-state index in [9.17, 15) is 4.79 Å². The summed E-state index contributed by atoms with van der Waals surface area (Å²) in [6.45, 7) is 5.00. The number of rotatable bonds is 6. The lowest BCUT2D eigenvalue weighted by Crippen LogP contribution is -2.28. The van der Waals surface area contributed by atoms with E-state index >= 15 is 0 Å². The first-order valence-electron chi connectivity index (χ1n) is 5.60. The van der Waals surface area contributed by atoms with Crippen LogP contribution in [0.15, 0.2) is 24.3 Å². The minimum atomic E-state index is -0.742. The Hall–Kier alpha value is -0.620. The van der Waals surface area contributed by atoms with Gasteiger partial charge in [0.1, 0.15) is 0 Å². The molecule has 1 aromatic carbocycles. The number of aliphatic carboxylic acids is 1. The number of halogens is 1. The topological polar surface area (TPSA) is 49.3 Å². The molecule has 0 heterocycles. The van der Waals surface area contributed by atoms with Gasteiger partial charge in [0.15, 0.2) is 0 Å². The van der Waals surface area contributed by atoms with Gasteiger partial charge in [-0.25, -0.2) is 0 Å². The molecule has 0 aliphatic rings. The first-order chi connectivity index (χ1) is 7.92. The number of benzene rings is 1. The summed E-state index contributed by atoms with van der Waals surface area (Å²) in [5.41, 5.74) is 0.567. The first kappa shape index (κ1) is 14.4. The fourth-order valence-electron chi connectivity index (χ4n) is 1.34. The highest BCUT2D eigenvalue weighted by atomic mass is 127. The van der Waals surface area contributed by atoms with Gasteiger partial charge in [0.05, 0.1) is 5.41 Å². The monoisotopic (exact) mass is 347 g/mol. The third-order valence-electron chi connectivity index (χ3n) is 2.75. The number of carbonyl (C=O) groups is 1. The molecule has 0 aliphatic carbocycles. The van der Waals surface area contributed by atoms with Crippen molar-refractivity contribution >= 4 is 28.6 Å². The number of hydrogen-bond donors (Lipinski definition) is 2. The van der Waals surface area contributed by atoms with E-state index < -0.39 is 11.4 Å². The molecule has 0 radical (unpaired) electrons. The maximum atomic E-state index is 10.9. The lowest BCUT2D eigenvalue weighted by atomic mass is 9.90. The molecule has 1 aromatic rings. The second-order valence-corrected chi connectivity index (χ2v) is 5.99. The Labute approximate surface area is 116 Å². The Morgan fingerprint density at radius 2 is 1.94 bits per heavy atom. The Bertz CT molecular complexity index is 374. The van der Waals surface area contributed by atoms with Crippen LogP contribution in [0.4, 0.5) is 0 Å². The summed E-state index contributed by atoms with van der Waals surface area (Å²) < 4.78 is 1.22. The summed E-state index contributed by atoms with van der Waals surface area (Å²) in [5, 5.41) is 12.2. The largest absolute Gasteiger partial charge is 0.481 e. The number of nitrogens with one attached hydrogen (secondary N) is 1. The highest BCUT2D eigenvalue weighted by Crippen LogP contribution is 2.19. The molecule has 0 aromatic heterocycles. The van der Waals surface area contributed by atoms with Crippen LogP contribution in [0.5, 0.6) is 0 Å². The maximum Gasteiger partial charge on any atom is 0.309 e. The molecule has 0 saturated carbocycles. The Kier molecular flexibility index (Phi) is 5.39. The van der Waals surface area contributed by atoms with Crippen molar-refractivity contribution in [1.82, 2.24) is 5.32 Å². The van der Waals surface area contributed by atoms with Crippen LogP contribution >= 0.6 is 22.6 Å². The van der Waals surface area contributed by atoms with Crippen molar-refractivity contribution in [3.05, 3.63) is 33.4 Å². The van der Waals surface area contributed by atoms with Gasteiger partial charge in [-0.3, -0.25) is 4.79 Å². The number of carboxylic acid groups (broad SMARTS) is 1. The summed E-state index contributed by atoms with van der Waals surface area (Å²) in [6.07, 6.45) is 0.632. The van der Waals surface area contributed by atoms with Crippen molar-refractivity contribution in [1.29, 1.82) is 0 Å². The van der Waals surface area contributed by atoms with Crippen LogP contribution in [0.25, 0.3) is 0 Å². The van der Waals surface area contributed by atoms with Gasteiger partial charge < -0.3 is 10.4 Å². The van der Waals surface area contributed by atoms with E-state index in [1.54, 1.807) is 13.8 Å². The van der Waals surface area contributed by atoms with Crippen LogP contribution in [-0.2, 0) is 11.3 Å². The smallest absolute Gasteiger partial charge is 0.309 e. The van der Waals surface area contributed by atoms with Crippen LogP contribution in [0.2, 0.25) is 0 Å². The predicted octanol–water partition coefficient (Wildman–Crippen LogP) is 2.88. The molecule has 0 aliphatic heterocycles. The van der Waals surface area contributed by atoms with Gasteiger partial charge in [-0.2, -0.15) is 0 Å². The van der Waals surface area contributed by atoms with Gasteiger partial charge in [-0.15, -0.1) is 0 Å². The summed E-state index contributed by atoms with van der Waals surface area (Å²) in [4.78, 5) is 10.9. The first-order valence-corrected chi connectivity index (χ1v) is 6.68. The van der Waals surface area contributed by atoms with E-state index in [4.69, 9.17) is 5.11 Å². The lowest BCUT2D eigenvalue weighted by molar-refractivity contribution is -0.147. The molecular weight excluding hydrogens is 329 g/mol. The van der Waals surface area contributed by atoms with Crippen molar-refractivity contribution in [2.45, 2.75) is 26.8 Å². The maximum absolute atomic E-state index is 10.9. The van der Waals surface area contributed by atoms with Gasteiger partial charge in [0.2, 0.25) is 0 Å². The van der Waals surface area contributed by atoms with E-state index in [0.717, 1.165) is 6.54 Å². The minimum absolute atomic E-state index is 0.632. The summed E-state index contributed by atoms with van der Waals surface area (Å²) in [7, 11) is 0. The quantitative estimate of drug-likeness (QED) is 0.615. The van der Waals surface area contributed by atoms with E-state index in [2.05, 4.69) is 52.2 Å². The predicted molar refractivity (Wildman–Crippen MR) is 76.9 cm³/mol. The van der Waals surface area contributed by atoms with Crippen LogP contribution in [0, 0.1) is 8.99 Å². The van der Waals surface area contributed by atoms with E-state index in [1.807, 2.05) is 0 Å². The van der Waals surface area contributed by atoms with E-state index in [0.29, 0.717) is 13.0 Å². The molecule has 2 N–H and O–H groups in total. The molecule has 0 saturated heterocycles. The third kappa shape index (κ3) is 5.04. The number of carboxylic acids is 1. The van der Waals surface area contributed by atoms with E-state index in [1.165, 1.54) is 9.13 Å². The molecule has 0 bridgehead atoms. The zero-order chi connectivity index (χ0) is 12.9. The molecule has 1 rings (SSSR count).